The number of hydrogen-bond acceptors (Lipinski definition) is 3. The van der Waals surface area contributed by atoms with Gasteiger partial charge in [0, 0.05) is 17.7 Å². The Morgan fingerprint density at radius 2 is 1.65 bits per heavy atom. The molecule has 0 amide bonds. The lowest BCUT2D eigenvalue weighted by Gasteiger charge is -2.24. The van der Waals surface area contributed by atoms with E-state index in [0.29, 0.717) is 16.7 Å². The number of aliphatic carboxylic acids is 1. The molecule has 34 heavy (non-hydrogen) atoms. The summed E-state index contributed by atoms with van der Waals surface area (Å²) in [5, 5.41) is 21.2. The van der Waals surface area contributed by atoms with Crippen molar-refractivity contribution in [3.63, 3.8) is 0 Å². The minimum absolute atomic E-state index is 0.0970. The number of halogens is 4. The molecule has 3 aromatic carbocycles. The van der Waals surface area contributed by atoms with Gasteiger partial charge in [-0.25, -0.2) is 4.39 Å². The first kappa shape index (κ1) is 25.1. The van der Waals surface area contributed by atoms with Crippen molar-refractivity contribution in [2.75, 3.05) is 6.61 Å². The van der Waals surface area contributed by atoms with Gasteiger partial charge in [-0.1, -0.05) is 66.7 Å². The van der Waals surface area contributed by atoms with Crippen LogP contribution in [0.4, 0.5) is 17.6 Å². The van der Waals surface area contributed by atoms with Gasteiger partial charge in [0.1, 0.15) is 11.4 Å². The molecule has 0 aromatic heterocycles. The summed E-state index contributed by atoms with van der Waals surface area (Å²) >= 11 is 0. The SMILES string of the molecule is C[C@](CO)(NCc1ccc(C(F)(F)F)c(/C=C/c2cccc(-c3ccccc3)c2F)c1)C(=O)O. The highest BCUT2D eigenvalue weighted by Crippen LogP contribution is 2.34. The van der Waals surface area contributed by atoms with Crippen molar-refractivity contribution in [1.29, 1.82) is 0 Å². The van der Waals surface area contributed by atoms with E-state index in [2.05, 4.69) is 5.32 Å². The summed E-state index contributed by atoms with van der Waals surface area (Å²) < 4.78 is 55.8. The lowest BCUT2D eigenvalue weighted by molar-refractivity contribution is -0.146. The summed E-state index contributed by atoms with van der Waals surface area (Å²) in [6, 6.07) is 16.9. The molecule has 8 heteroatoms. The molecule has 0 spiro atoms. The van der Waals surface area contributed by atoms with Crippen LogP contribution in [0.1, 0.15) is 29.2 Å². The number of nitrogens with one attached hydrogen (secondary N) is 1. The molecule has 0 aliphatic rings. The van der Waals surface area contributed by atoms with Gasteiger partial charge < -0.3 is 10.2 Å². The second-order valence-electron chi connectivity index (χ2n) is 7.98. The first-order valence-corrected chi connectivity index (χ1v) is 10.4. The topological polar surface area (TPSA) is 69.6 Å². The van der Waals surface area contributed by atoms with Crippen LogP contribution in [-0.2, 0) is 17.5 Å². The molecule has 178 valence electrons. The van der Waals surface area contributed by atoms with Crippen molar-refractivity contribution in [2.24, 2.45) is 0 Å². The average Bonchev–Trinajstić information content (AvgIpc) is 2.81. The summed E-state index contributed by atoms with van der Waals surface area (Å²) in [5.41, 5.74) is -1.30. The molecule has 3 aromatic rings. The van der Waals surface area contributed by atoms with Gasteiger partial charge >= 0.3 is 12.1 Å². The molecule has 0 bridgehead atoms. The first-order chi connectivity index (χ1) is 16.0. The fraction of sp³-hybridized carbons (Fsp3) is 0.192. The van der Waals surface area contributed by atoms with E-state index in [1.54, 1.807) is 42.5 Å². The zero-order chi connectivity index (χ0) is 24.9. The zero-order valence-electron chi connectivity index (χ0n) is 18.2. The number of rotatable bonds is 8. The zero-order valence-corrected chi connectivity index (χ0v) is 18.2. The third-order valence-corrected chi connectivity index (χ3v) is 5.45. The van der Waals surface area contributed by atoms with Crippen molar-refractivity contribution in [3.05, 3.63) is 94.8 Å². The van der Waals surface area contributed by atoms with Crippen molar-refractivity contribution in [1.82, 2.24) is 5.32 Å². The number of carboxylic acids is 1. The lowest BCUT2D eigenvalue weighted by Crippen LogP contribution is -2.52. The molecular weight excluding hydrogens is 450 g/mol. The van der Waals surface area contributed by atoms with Crippen LogP contribution in [0.15, 0.2) is 66.7 Å². The van der Waals surface area contributed by atoms with Gasteiger partial charge in [0.2, 0.25) is 0 Å². The first-order valence-electron chi connectivity index (χ1n) is 10.4. The normalized spacial score (nSPS) is 13.7. The molecule has 0 radical (unpaired) electrons. The van der Waals surface area contributed by atoms with E-state index in [1.807, 2.05) is 0 Å². The number of hydrogen-bond donors (Lipinski definition) is 3. The monoisotopic (exact) mass is 473 g/mol. The Balaban J connectivity index is 1.95. The molecular formula is C26H23F4NO3. The largest absolute Gasteiger partial charge is 0.480 e. The number of carboxylic acid groups (broad SMARTS) is 1. The Hall–Kier alpha value is -3.49. The molecule has 0 unspecified atom stereocenters. The quantitative estimate of drug-likeness (QED) is 0.294. The Morgan fingerprint density at radius 1 is 0.971 bits per heavy atom. The third-order valence-electron chi connectivity index (χ3n) is 5.45. The Morgan fingerprint density at radius 3 is 2.26 bits per heavy atom. The standard InChI is InChI=1S/C26H23F4NO3/c1-25(16-32,24(33)34)31-15-17-10-13-22(26(28,29)30)20(14-17)12-11-19-8-5-9-21(23(19)27)18-6-3-2-4-7-18/h2-14,31-32H,15-16H2,1H3,(H,33,34)/b12-11+/t25-/m1/s1. The predicted molar refractivity (Wildman–Crippen MR) is 122 cm³/mol. The minimum Gasteiger partial charge on any atom is -0.480 e. The minimum atomic E-state index is -4.64. The van der Waals surface area contributed by atoms with E-state index in [0.717, 1.165) is 6.07 Å². The van der Waals surface area contributed by atoms with Crippen LogP contribution in [0, 0.1) is 5.82 Å². The van der Waals surface area contributed by atoms with Crippen molar-refractivity contribution < 1.29 is 32.6 Å². The van der Waals surface area contributed by atoms with Gasteiger partial charge in [-0.3, -0.25) is 10.1 Å². The molecule has 0 saturated heterocycles. The van der Waals surface area contributed by atoms with E-state index < -0.39 is 35.7 Å². The van der Waals surface area contributed by atoms with E-state index in [1.165, 1.54) is 37.3 Å². The second kappa shape index (κ2) is 10.2. The molecule has 0 saturated carbocycles. The lowest BCUT2D eigenvalue weighted by atomic mass is 9.99. The summed E-state index contributed by atoms with van der Waals surface area (Å²) in [7, 11) is 0. The molecule has 0 aliphatic carbocycles. The fourth-order valence-electron chi connectivity index (χ4n) is 3.31. The smallest absolute Gasteiger partial charge is 0.416 e. The number of aliphatic hydroxyl groups excluding tert-OH is 1. The molecule has 4 nitrogen and oxygen atoms in total. The number of benzene rings is 3. The maximum absolute atomic E-state index is 15.1. The van der Waals surface area contributed by atoms with Crippen LogP contribution in [0.25, 0.3) is 23.3 Å². The summed E-state index contributed by atoms with van der Waals surface area (Å²) in [6.07, 6.45) is -2.18. The maximum atomic E-state index is 15.1. The van der Waals surface area contributed by atoms with Gasteiger partial charge in [0.05, 0.1) is 12.2 Å². The van der Waals surface area contributed by atoms with Gasteiger partial charge in [-0.2, -0.15) is 13.2 Å². The van der Waals surface area contributed by atoms with Crippen LogP contribution in [0.3, 0.4) is 0 Å². The molecule has 1 atom stereocenters. The van der Waals surface area contributed by atoms with Gasteiger partial charge in [0.25, 0.3) is 0 Å². The highest BCUT2D eigenvalue weighted by molar-refractivity contribution is 5.78. The highest BCUT2D eigenvalue weighted by Gasteiger charge is 2.34. The summed E-state index contributed by atoms with van der Waals surface area (Å²) in [5.74, 6) is -1.85. The van der Waals surface area contributed by atoms with Gasteiger partial charge in [-0.15, -0.1) is 0 Å². The molecule has 3 rings (SSSR count). The fourth-order valence-corrected chi connectivity index (χ4v) is 3.31. The van der Waals surface area contributed by atoms with Crippen LogP contribution < -0.4 is 5.32 Å². The van der Waals surface area contributed by atoms with Crippen molar-refractivity contribution in [3.8, 4) is 11.1 Å². The molecule has 0 aliphatic heterocycles. The third kappa shape index (κ3) is 5.70. The van der Waals surface area contributed by atoms with E-state index in [-0.39, 0.29) is 17.7 Å². The Kier molecular flexibility index (Phi) is 7.54. The second-order valence-corrected chi connectivity index (χ2v) is 7.98. The Bertz CT molecular complexity index is 1190. The number of alkyl halides is 3. The van der Waals surface area contributed by atoms with Crippen LogP contribution in [0.2, 0.25) is 0 Å². The molecule has 0 heterocycles. The maximum Gasteiger partial charge on any atom is 0.416 e. The van der Waals surface area contributed by atoms with Crippen molar-refractivity contribution in [2.45, 2.75) is 25.2 Å². The Labute approximate surface area is 194 Å². The summed E-state index contributed by atoms with van der Waals surface area (Å²) in [4.78, 5) is 11.3. The van der Waals surface area contributed by atoms with Gasteiger partial charge in [-0.05, 0) is 35.7 Å². The summed E-state index contributed by atoms with van der Waals surface area (Å²) in [6.45, 7) is 0.468. The number of carbonyl (C=O) groups is 1. The van der Waals surface area contributed by atoms with Gasteiger partial charge in [0.15, 0.2) is 0 Å². The molecule has 0 fully saturated rings. The van der Waals surface area contributed by atoms with Crippen LogP contribution in [-0.4, -0.2) is 28.3 Å². The number of aliphatic hydroxyl groups is 1. The van der Waals surface area contributed by atoms with Crippen LogP contribution >= 0.6 is 0 Å². The van der Waals surface area contributed by atoms with E-state index in [9.17, 15) is 28.2 Å². The predicted octanol–water partition coefficient (Wildman–Crippen LogP) is 5.61. The van der Waals surface area contributed by atoms with E-state index >= 15 is 4.39 Å². The van der Waals surface area contributed by atoms with E-state index in [4.69, 9.17) is 0 Å². The van der Waals surface area contributed by atoms with Crippen molar-refractivity contribution >= 4 is 18.1 Å². The average molecular weight is 473 g/mol. The molecule has 3 N–H and O–H groups in total. The van der Waals surface area contributed by atoms with Crippen LogP contribution in [0.5, 0.6) is 0 Å². The highest BCUT2D eigenvalue weighted by atomic mass is 19.4.